The standard InChI is InChI=1S/C26H30N4O4S/c1-15(2)12-13-30-16(3)22(23(27-26(30)35)18-8-11-21(33-5)20(31)14-18)25-28-24(29-34-25)17-6-9-19(32-4)10-7-17/h6-11,14-15,23,31H,12-13H2,1-5H3,(H,27,35). The number of hydrogen-bond acceptors (Lipinski definition) is 7. The molecule has 0 radical (unpaired) electrons. The van der Waals surface area contributed by atoms with Gasteiger partial charge in [0.2, 0.25) is 5.82 Å². The van der Waals surface area contributed by atoms with Crippen molar-refractivity contribution in [3.8, 4) is 28.6 Å². The van der Waals surface area contributed by atoms with Gasteiger partial charge in [-0.1, -0.05) is 25.1 Å². The largest absolute Gasteiger partial charge is 0.504 e. The van der Waals surface area contributed by atoms with E-state index < -0.39 is 6.04 Å². The van der Waals surface area contributed by atoms with Gasteiger partial charge in [-0.05, 0) is 73.4 Å². The lowest BCUT2D eigenvalue weighted by atomic mass is 9.94. The first-order valence-corrected chi connectivity index (χ1v) is 11.9. The number of aromatic nitrogens is 2. The minimum absolute atomic E-state index is 0.0430. The fourth-order valence-electron chi connectivity index (χ4n) is 4.04. The molecule has 0 bridgehead atoms. The van der Waals surface area contributed by atoms with Crippen molar-refractivity contribution in [3.05, 3.63) is 59.6 Å². The molecule has 3 aromatic rings. The summed E-state index contributed by atoms with van der Waals surface area (Å²) in [4.78, 5) is 6.79. The number of phenols is 1. The van der Waals surface area contributed by atoms with Crippen LogP contribution in [0.4, 0.5) is 0 Å². The molecule has 0 amide bonds. The van der Waals surface area contributed by atoms with Crippen LogP contribution in [-0.2, 0) is 0 Å². The summed E-state index contributed by atoms with van der Waals surface area (Å²) in [6, 6.07) is 12.4. The number of ether oxygens (including phenoxy) is 2. The highest BCUT2D eigenvalue weighted by molar-refractivity contribution is 7.80. The van der Waals surface area contributed by atoms with Gasteiger partial charge >= 0.3 is 0 Å². The van der Waals surface area contributed by atoms with E-state index in [1.54, 1.807) is 19.2 Å². The van der Waals surface area contributed by atoms with Gasteiger partial charge in [0.15, 0.2) is 16.6 Å². The van der Waals surface area contributed by atoms with E-state index in [0.29, 0.717) is 28.5 Å². The number of allylic oxidation sites excluding steroid dienone is 1. The summed E-state index contributed by atoms with van der Waals surface area (Å²) < 4.78 is 16.2. The van der Waals surface area contributed by atoms with Crippen LogP contribution >= 0.6 is 12.2 Å². The van der Waals surface area contributed by atoms with Gasteiger partial charge in [-0.3, -0.25) is 0 Å². The molecule has 1 atom stereocenters. The van der Waals surface area contributed by atoms with Crippen LogP contribution in [-0.4, -0.2) is 46.0 Å². The zero-order chi connectivity index (χ0) is 25.1. The minimum Gasteiger partial charge on any atom is -0.504 e. The van der Waals surface area contributed by atoms with Gasteiger partial charge < -0.3 is 29.3 Å². The summed E-state index contributed by atoms with van der Waals surface area (Å²) in [5, 5.41) is 18.7. The molecule has 1 unspecified atom stereocenters. The molecule has 2 N–H and O–H groups in total. The van der Waals surface area contributed by atoms with Crippen LogP contribution in [0.2, 0.25) is 0 Å². The monoisotopic (exact) mass is 494 g/mol. The molecule has 35 heavy (non-hydrogen) atoms. The predicted molar refractivity (Wildman–Crippen MR) is 138 cm³/mol. The molecular weight excluding hydrogens is 464 g/mol. The maximum absolute atomic E-state index is 10.4. The van der Waals surface area contributed by atoms with E-state index in [4.69, 9.17) is 31.2 Å². The number of nitrogens with zero attached hydrogens (tertiary/aromatic N) is 3. The molecule has 8 nitrogen and oxygen atoms in total. The third kappa shape index (κ3) is 5.09. The van der Waals surface area contributed by atoms with Crippen molar-refractivity contribution < 1.29 is 19.1 Å². The molecule has 2 aromatic carbocycles. The Morgan fingerprint density at radius 1 is 1.14 bits per heavy atom. The number of benzene rings is 2. The quantitative estimate of drug-likeness (QED) is 0.412. The summed E-state index contributed by atoms with van der Waals surface area (Å²) >= 11 is 5.74. The molecule has 1 aliphatic heterocycles. The first-order valence-electron chi connectivity index (χ1n) is 11.5. The smallest absolute Gasteiger partial charge is 0.258 e. The van der Waals surface area contributed by atoms with Gasteiger partial charge in [0.1, 0.15) is 5.75 Å². The highest BCUT2D eigenvalue weighted by Crippen LogP contribution is 2.40. The average molecular weight is 495 g/mol. The molecule has 2 heterocycles. The topological polar surface area (TPSA) is 92.9 Å². The predicted octanol–water partition coefficient (Wildman–Crippen LogP) is 5.17. The first kappa shape index (κ1) is 24.5. The Bertz CT molecular complexity index is 1240. The van der Waals surface area contributed by atoms with Crippen molar-refractivity contribution in [2.24, 2.45) is 5.92 Å². The van der Waals surface area contributed by atoms with Crippen LogP contribution in [0.1, 0.15) is 44.7 Å². The molecule has 1 aromatic heterocycles. The van der Waals surface area contributed by atoms with Crippen LogP contribution in [0.25, 0.3) is 17.0 Å². The summed E-state index contributed by atoms with van der Waals surface area (Å²) in [6.07, 6.45) is 0.974. The van der Waals surface area contributed by atoms with Gasteiger partial charge in [-0.2, -0.15) is 4.98 Å². The molecule has 0 saturated carbocycles. The van der Waals surface area contributed by atoms with E-state index in [0.717, 1.165) is 41.1 Å². The van der Waals surface area contributed by atoms with E-state index in [1.165, 1.54) is 7.11 Å². The molecule has 0 saturated heterocycles. The van der Waals surface area contributed by atoms with Crippen molar-refractivity contribution in [1.82, 2.24) is 20.4 Å². The Kier molecular flexibility index (Phi) is 7.25. The highest BCUT2D eigenvalue weighted by Gasteiger charge is 2.34. The van der Waals surface area contributed by atoms with Gasteiger partial charge in [-0.25, -0.2) is 0 Å². The number of thiocarbonyl (C=S) groups is 1. The Balaban J connectivity index is 1.78. The lowest BCUT2D eigenvalue weighted by Gasteiger charge is -2.37. The van der Waals surface area contributed by atoms with Gasteiger partial charge in [-0.15, -0.1) is 0 Å². The summed E-state index contributed by atoms with van der Waals surface area (Å²) in [7, 11) is 3.14. The third-order valence-corrected chi connectivity index (χ3v) is 6.41. The summed E-state index contributed by atoms with van der Waals surface area (Å²) in [6.45, 7) is 7.14. The minimum atomic E-state index is -0.390. The first-order chi connectivity index (χ1) is 16.8. The van der Waals surface area contributed by atoms with Gasteiger partial charge in [0.05, 0.1) is 25.8 Å². The number of methoxy groups -OCH3 is 2. The van der Waals surface area contributed by atoms with Gasteiger partial charge in [0.25, 0.3) is 5.89 Å². The van der Waals surface area contributed by atoms with Crippen molar-refractivity contribution in [2.75, 3.05) is 20.8 Å². The molecule has 0 spiro atoms. The molecule has 0 fully saturated rings. The van der Waals surface area contributed by atoms with Crippen molar-refractivity contribution in [3.63, 3.8) is 0 Å². The molecular formula is C26H30N4O4S. The van der Waals surface area contributed by atoms with Crippen LogP contribution in [0.15, 0.2) is 52.7 Å². The number of hydrogen-bond donors (Lipinski definition) is 2. The Labute approximate surface area is 210 Å². The second kappa shape index (κ2) is 10.4. The summed E-state index contributed by atoms with van der Waals surface area (Å²) in [5.74, 6) is 2.57. The van der Waals surface area contributed by atoms with Gasteiger partial charge in [0, 0.05) is 17.8 Å². The lowest BCUT2D eigenvalue weighted by Crippen LogP contribution is -2.46. The fraction of sp³-hybridized carbons (Fsp3) is 0.346. The zero-order valence-electron chi connectivity index (χ0n) is 20.5. The van der Waals surface area contributed by atoms with E-state index in [1.807, 2.05) is 37.3 Å². The second-order valence-corrected chi connectivity index (χ2v) is 9.19. The third-order valence-electron chi connectivity index (χ3n) is 6.07. The van der Waals surface area contributed by atoms with E-state index in [9.17, 15) is 5.11 Å². The molecule has 9 heteroatoms. The molecule has 0 aliphatic carbocycles. The van der Waals surface area contributed by atoms with E-state index in [2.05, 4.69) is 29.2 Å². The van der Waals surface area contributed by atoms with Crippen LogP contribution in [0.3, 0.4) is 0 Å². The normalized spacial score (nSPS) is 16.0. The van der Waals surface area contributed by atoms with Crippen LogP contribution in [0.5, 0.6) is 17.2 Å². The van der Waals surface area contributed by atoms with Crippen molar-refractivity contribution >= 4 is 22.9 Å². The molecule has 1 aliphatic rings. The Morgan fingerprint density at radius 3 is 2.51 bits per heavy atom. The van der Waals surface area contributed by atoms with E-state index in [-0.39, 0.29) is 5.75 Å². The highest BCUT2D eigenvalue weighted by atomic mass is 32.1. The average Bonchev–Trinajstić information content (AvgIpc) is 3.33. The van der Waals surface area contributed by atoms with Crippen LogP contribution in [0, 0.1) is 5.92 Å². The molecule has 4 rings (SSSR count). The Morgan fingerprint density at radius 2 is 1.89 bits per heavy atom. The van der Waals surface area contributed by atoms with Crippen molar-refractivity contribution in [1.29, 1.82) is 0 Å². The lowest BCUT2D eigenvalue weighted by molar-refractivity contribution is 0.372. The maximum Gasteiger partial charge on any atom is 0.258 e. The fourth-order valence-corrected chi connectivity index (χ4v) is 4.39. The molecule has 184 valence electrons. The van der Waals surface area contributed by atoms with Crippen molar-refractivity contribution in [2.45, 2.75) is 33.2 Å². The SMILES string of the molecule is COc1ccc(-c2noc(C3=C(C)N(CCC(C)C)C(=S)NC3c3ccc(OC)c(O)c3)n2)cc1. The maximum atomic E-state index is 10.4. The Hall–Kier alpha value is -3.59. The number of nitrogens with one attached hydrogen (secondary N) is 1. The summed E-state index contributed by atoms with van der Waals surface area (Å²) in [5.41, 5.74) is 3.35. The van der Waals surface area contributed by atoms with E-state index >= 15 is 0 Å². The number of rotatable bonds is 8. The number of phenolic OH excluding ortho intramolecular Hbond substituents is 1. The second-order valence-electron chi connectivity index (χ2n) is 8.80. The zero-order valence-corrected chi connectivity index (χ0v) is 21.3. The number of aromatic hydroxyl groups is 1. The van der Waals surface area contributed by atoms with Crippen LogP contribution < -0.4 is 14.8 Å².